The zero-order valence-corrected chi connectivity index (χ0v) is 9.87. The summed E-state index contributed by atoms with van der Waals surface area (Å²) in [6, 6.07) is 4.62. The van der Waals surface area contributed by atoms with Crippen molar-refractivity contribution in [3.8, 4) is 0 Å². The first-order chi connectivity index (χ1) is 7.74. The first-order valence-electron chi connectivity index (χ1n) is 5.73. The second-order valence-corrected chi connectivity index (χ2v) is 3.73. The molecule has 0 aliphatic carbocycles. The zero-order valence-electron chi connectivity index (χ0n) is 9.87. The normalized spacial score (nSPS) is 10.2. The highest BCUT2D eigenvalue weighted by molar-refractivity contribution is 5.84. The number of carbonyl (C=O) groups is 1. The summed E-state index contributed by atoms with van der Waals surface area (Å²) in [5.41, 5.74) is 0.867. The van der Waals surface area contributed by atoms with Gasteiger partial charge in [-0.3, -0.25) is 4.79 Å². The highest BCUT2D eigenvalue weighted by Crippen LogP contribution is 2.23. The van der Waals surface area contributed by atoms with E-state index in [9.17, 15) is 9.18 Å². The third-order valence-corrected chi connectivity index (χ3v) is 2.62. The Morgan fingerprint density at radius 2 is 2.12 bits per heavy atom. The van der Waals surface area contributed by atoms with Gasteiger partial charge in [0.2, 0.25) is 0 Å². The van der Waals surface area contributed by atoms with E-state index in [4.69, 9.17) is 0 Å². The molecular formula is C13H18FNO. The molecular weight excluding hydrogens is 205 g/mol. The fraction of sp³-hybridized carbons (Fsp3) is 0.462. The Labute approximate surface area is 96.1 Å². The summed E-state index contributed by atoms with van der Waals surface area (Å²) in [7, 11) is 0. The third kappa shape index (κ3) is 2.81. The van der Waals surface area contributed by atoms with Gasteiger partial charge in [0.25, 0.3) is 0 Å². The van der Waals surface area contributed by atoms with Crippen molar-refractivity contribution in [2.45, 2.75) is 26.7 Å². The standard InChI is InChI=1S/C13H18FNO/c1-3-5-9-15(4-2)13-11(10-16)7-6-8-12(13)14/h6-8,10H,3-5,9H2,1-2H3. The summed E-state index contributed by atoms with van der Waals surface area (Å²) >= 11 is 0. The van der Waals surface area contributed by atoms with E-state index in [1.165, 1.54) is 6.07 Å². The SMILES string of the molecule is CCCCN(CC)c1c(F)cccc1C=O. The summed E-state index contributed by atoms with van der Waals surface area (Å²) in [4.78, 5) is 12.8. The van der Waals surface area contributed by atoms with Crippen molar-refractivity contribution in [3.63, 3.8) is 0 Å². The van der Waals surface area contributed by atoms with Gasteiger partial charge >= 0.3 is 0 Å². The van der Waals surface area contributed by atoms with E-state index in [1.807, 2.05) is 11.8 Å². The van der Waals surface area contributed by atoms with Gasteiger partial charge in [0, 0.05) is 18.7 Å². The molecule has 0 aliphatic heterocycles. The second-order valence-electron chi connectivity index (χ2n) is 3.73. The van der Waals surface area contributed by atoms with Crippen molar-refractivity contribution in [2.75, 3.05) is 18.0 Å². The largest absolute Gasteiger partial charge is 0.369 e. The number of aldehydes is 1. The van der Waals surface area contributed by atoms with Crippen molar-refractivity contribution in [2.24, 2.45) is 0 Å². The maximum absolute atomic E-state index is 13.7. The molecule has 2 nitrogen and oxygen atoms in total. The molecule has 1 rings (SSSR count). The second kappa shape index (κ2) is 6.26. The molecule has 0 saturated heterocycles. The van der Waals surface area contributed by atoms with Crippen LogP contribution < -0.4 is 4.90 Å². The van der Waals surface area contributed by atoms with E-state index in [0.717, 1.165) is 19.4 Å². The Hall–Kier alpha value is -1.38. The van der Waals surface area contributed by atoms with Crippen LogP contribution in [0.25, 0.3) is 0 Å². The van der Waals surface area contributed by atoms with E-state index >= 15 is 0 Å². The maximum atomic E-state index is 13.7. The van der Waals surface area contributed by atoms with Crippen LogP contribution in [0.3, 0.4) is 0 Å². The number of nitrogens with zero attached hydrogens (tertiary/aromatic N) is 1. The van der Waals surface area contributed by atoms with Gasteiger partial charge in [-0.25, -0.2) is 4.39 Å². The van der Waals surface area contributed by atoms with Crippen molar-refractivity contribution in [3.05, 3.63) is 29.6 Å². The Balaban J connectivity index is 3.02. The fourth-order valence-corrected chi connectivity index (χ4v) is 1.74. The smallest absolute Gasteiger partial charge is 0.152 e. The minimum atomic E-state index is -0.317. The van der Waals surface area contributed by atoms with Crippen LogP contribution in [0.1, 0.15) is 37.0 Å². The van der Waals surface area contributed by atoms with Crippen molar-refractivity contribution in [1.29, 1.82) is 0 Å². The summed E-state index contributed by atoms with van der Waals surface area (Å²) < 4.78 is 13.7. The molecule has 16 heavy (non-hydrogen) atoms. The van der Waals surface area contributed by atoms with Crippen LogP contribution in [0.4, 0.5) is 10.1 Å². The van der Waals surface area contributed by atoms with E-state index < -0.39 is 0 Å². The summed E-state index contributed by atoms with van der Waals surface area (Å²) in [6.45, 7) is 5.56. The number of rotatable bonds is 6. The molecule has 1 aromatic carbocycles. The van der Waals surface area contributed by atoms with Crippen molar-refractivity contribution < 1.29 is 9.18 Å². The van der Waals surface area contributed by atoms with Crippen LogP contribution in [0.5, 0.6) is 0 Å². The average Bonchev–Trinajstić information content (AvgIpc) is 2.31. The summed E-state index contributed by atoms with van der Waals surface area (Å²) in [6.07, 6.45) is 2.77. The number of halogens is 1. The molecule has 0 amide bonds. The number of hydrogen-bond donors (Lipinski definition) is 0. The Kier molecular flexibility index (Phi) is 4.96. The van der Waals surface area contributed by atoms with Crippen LogP contribution in [-0.4, -0.2) is 19.4 Å². The molecule has 0 N–H and O–H groups in total. The lowest BCUT2D eigenvalue weighted by Gasteiger charge is -2.24. The summed E-state index contributed by atoms with van der Waals surface area (Å²) in [5, 5.41) is 0. The summed E-state index contributed by atoms with van der Waals surface area (Å²) in [5.74, 6) is -0.317. The number of carbonyl (C=O) groups excluding carboxylic acids is 1. The zero-order chi connectivity index (χ0) is 12.0. The third-order valence-electron chi connectivity index (χ3n) is 2.62. The minimum absolute atomic E-state index is 0.317. The van der Waals surface area contributed by atoms with Gasteiger partial charge in [-0.2, -0.15) is 0 Å². The molecule has 0 saturated carbocycles. The van der Waals surface area contributed by atoms with Crippen LogP contribution in [0.2, 0.25) is 0 Å². The number of unbranched alkanes of at least 4 members (excludes halogenated alkanes) is 1. The Morgan fingerprint density at radius 1 is 1.38 bits per heavy atom. The van der Waals surface area contributed by atoms with Crippen LogP contribution in [0, 0.1) is 5.82 Å². The van der Waals surface area contributed by atoms with E-state index in [1.54, 1.807) is 12.1 Å². The van der Waals surface area contributed by atoms with Gasteiger partial charge in [-0.15, -0.1) is 0 Å². The molecule has 0 aliphatic rings. The van der Waals surface area contributed by atoms with Crippen LogP contribution in [0.15, 0.2) is 18.2 Å². The predicted molar refractivity (Wildman–Crippen MR) is 64.6 cm³/mol. The van der Waals surface area contributed by atoms with Gasteiger partial charge in [-0.05, 0) is 25.5 Å². The first-order valence-corrected chi connectivity index (χ1v) is 5.73. The van der Waals surface area contributed by atoms with Gasteiger partial charge in [0.1, 0.15) is 5.82 Å². The Morgan fingerprint density at radius 3 is 2.69 bits per heavy atom. The fourth-order valence-electron chi connectivity index (χ4n) is 1.74. The molecule has 88 valence electrons. The minimum Gasteiger partial charge on any atom is -0.369 e. The van der Waals surface area contributed by atoms with E-state index in [-0.39, 0.29) is 5.82 Å². The van der Waals surface area contributed by atoms with E-state index in [0.29, 0.717) is 24.1 Å². The van der Waals surface area contributed by atoms with Gasteiger partial charge < -0.3 is 4.90 Å². The lowest BCUT2D eigenvalue weighted by molar-refractivity contribution is 0.112. The van der Waals surface area contributed by atoms with Gasteiger partial charge in [-0.1, -0.05) is 19.4 Å². The van der Waals surface area contributed by atoms with Crippen LogP contribution in [-0.2, 0) is 0 Å². The highest BCUT2D eigenvalue weighted by atomic mass is 19.1. The topological polar surface area (TPSA) is 20.3 Å². The van der Waals surface area contributed by atoms with Crippen molar-refractivity contribution >= 4 is 12.0 Å². The molecule has 0 atom stereocenters. The predicted octanol–water partition coefficient (Wildman–Crippen LogP) is 3.26. The maximum Gasteiger partial charge on any atom is 0.152 e. The molecule has 0 bridgehead atoms. The monoisotopic (exact) mass is 223 g/mol. The quantitative estimate of drug-likeness (QED) is 0.690. The molecule has 0 radical (unpaired) electrons. The molecule has 0 spiro atoms. The lowest BCUT2D eigenvalue weighted by Crippen LogP contribution is -2.26. The number of para-hydroxylation sites is 1. The molecule has 0 fully saturated rings. The number of hydrogen-bond acceptors (Lipinski definition) is 2. The molecule has 3 heteroatoms. The number of benzene rings is 1. The molecule has 0 unspecified atom stereocenters. The molecule has 0 aromatic heterocycles. The number of anilines is 1. The molecule has 1 aromatic rings. The van der Waals surface area contributed by atoms with Gasteiger partial charge in [0.15, 0.2) is 6.29 Å². The van der Waals surface area contributed by atoms with Crippen LogP contribution >= 0.6 is 0 Å². The molecule has 0 heterocycles. The lowest BCUT2D eigenvalue weighted by atomic mass is 10.1. The van der Waals surface area contributed by atoms with Crippen molar-refractivity contribution in [1.82, 2.24) is 0 Å². The van der Waals surface area contributed by atoms with Gasteiger partial charge in [0.05, 0.1) is 5.69 Å². The first kappa shape index (κ1) is 12.7. The Bertz CT molecular complexity index is 352. The average molecular weight is 223 g/mol. The van der Waals surface area contributed by atoms with E-state index in [2.05, 4.69) is 6.92 Å². The highest BCUT2D eigenvalue weighted by Gasteiger charge is 2.13.